The molecule has 0 aliphatic carbocycles. The second-order valence-electron chi connectivity index (χ2n) is 3.36. The molecule has 0 heterocycles. The van der Waals surface area contributed by atoms with Crippen molar-refractivity contribution in [2.45, 2.75) is 19.7 Å². The van der Waals surface area contributed by atoms with E-state index in [-0.39, 0.29) is 11.9 Å². The van der Waals surface area contributed by atoms with E-state index in [1.807, 2.05) is 12.1 Å². The Morgan fingerprint density at radius 2 is 2.21 bits per heavy atom. The van der Waals surface area contributed by atoms with Crippen LogP contribution in [0.15, 0.2) is 24.3 Å². The van der Waals surface area contributed by atoms with E-state index >= 15 is 0 Å². The fourth-order valence-electron chi connectivity index (χ4n) is 0.926. The van der Waals surface area contributed by atoms with Crippen LogP contribution in [0.4, 0.5) is 0 Å². The maximum absolute atomic E-state index is 11.3. The van der Waals surface area contributed by atoms with Crippen molar-refractivity contribution in [3.05, 3.63) is 29.8 Å². The summed E-state index contributed by atoms with van der Waals surface area (Å²) in [4.78, 5) is 11.3. The lowest BCUT2D eigenvalue weighted by molar-refractivity contribution is -0.137. The third-order valence-corrected chi connectivity index (χ3v) is 2.05. The van der Waals surface area contributed by atoms with Gasteiger partial charge in [0.2, 0.25) is 0 Å². The molecule has 0 spiro atoms. The fourth-order valence-corrected chi connectivity index (χ4v) is 1.09. The molecule has 14 heavy (non-hydrogen) atoms. The topological polar surface area (TPSA) is 26.3 Å². The van der Waals surface area contributed by atoms with Crippen LogP contribution in [-0.2, 0) is 10.7 Å². The molecule has 0 aliphatic heterocycles. The summed E-state index contributed by atoms with van der Waals surface area (Å²) in [7, 11) is 0. The number of carbonyl (C=O) groups is 1. The second kappa shape index (κ2) is 5.01. The van der Waals surface area contributed by atoms with E-state index in [9.17, 15) is 4.79 Å². The summed E-state index contributed by atoms with van der Waals surface area (Å²) in [5, 5.41) is 0. The molecule has 1 rings (SSSR count). The maximum Gasteiger partial charge on any atom is 0.313 e. The van der Waals surface area contributed by atoms with Crippen molar-refractivity contribution in [3.8, 4) is 5.75 Å². The van der Waals surface area contributed by atoms with Crippen molar-refractivity contribution in [2.75, 3.05) is 0 Å². The highest BCUT2D eigenvalue weighted by Crippen LogP contribution is 2.15. The van der Waals surface area contributed by atoms with Crippen LogP contribution < -0.4 is 4.74 Å². The lowest BCUT2D eigenvalue weighted by Gasteiger charge is -2.07. The standard InChI is InChI=1S/C11H13ClO2/c1-8(2)11(13)14-10-5-3-4-9(6-10)7-12/h3-6,8H,7H2,1-2H3. The van der Waals surface area contributed by atoms with Gasteiger partial charge >= 0.3 is 5.97 Å². The highest BCUT2D eigenvalue weighted by molar-refractivity contribution is 6.17. The van der Waals surface area contributed by atoms with Gasteiger partial charge in [-0.05, 0) is 17.7 Å². The molecule has 0 atom stereocenters. The molecule has 0 saturated heterocycles. The minimum Gasteiger partial charge on any atom is -0.426 e. The van der Waals surface area contributed by atoms with Crippen molar-refractivity contribution in [1.29, 1.82) is 0 Å². The fraction of sp³-hybridized carbons (Fsp3) is 0.364. The quantitative estimate of drug-likeness (QED) is 0.438. The predicted molar refractivity (Wildman–Crippen MR) is 56.5 cm³/mol. The van der Waals surface area contributed by atoms with Crippen LogP contribution in [0.3, 0.4) is 0 Å². The molecule has 0 fully saturated rings. The van der Waals surface area contributed by atoms with Crippen molar-refractivity contribution < 1.29 is 9.53 Å². The summed E-state index contributed by atoms with van der Waals surface area (Å²) in [6.07, 6.45) is 0. The van der Waals surface area contributed by atoms with E-state index in [4.69, 9.17) is 16.3 Å². The molecule has 0 saturated carbocycles. The number of rotatable bonds is 3. The number of hydrogen-bond acceptors (Lipinski definition) is 2. The van der Waals surface area contributed by atoms with Crippen LogP contribution in [0.1, 0.15) is 19.4 Å². The summed E-state index contributed by atoms with van der Waals surface area (Å²) in [6, 6.07) is 7.23. The van der Waals surface area contributed by atoms with Gasteiger partial charge in [-0.25, -0.2) is 0 Å². The lowest BCUT2D eigenvalue weighted by Crippen LogP contribution is -2.14. The largest absolute Gasteiger partial charge is 0.426 e. The molecule has 0 amide bonds. The molecule has 1 aromatic rings. The first-order valence-corrected chi connectivity index (χ1v) is 5.03. The van der Waals surface area contributed by atoms with Gasteiger partial charge in [-0.3, -0.25) is 4.79 Å². The number of benzene rings is 1. The molecule has 0 bridgehead atoms. The summed E-state index contributed by atoms with van der Waals surface area (Å²) >= 11 is 5.66. The molecule has 0 aliphatic rings. The van der Waals surface area contributed by atoms with Crippen LogP contribution in [0.2, 0.25) is 0 Å². The van der Waals surface area contributed by atoms with E-state index in [2.05, 4.69) is 0 Å². The number of esters is 1. The van der Waals surface area contributed by atoms with Gasteiger partial charge in [0.1, 0.15) is 5.75 Å². The molecule has 3 heteroatoms. The molecule has 0 aromatic heterocycles. The Morgan fingerprint density at radius 3 is 2.79 bits per heavy atom. The van der Waals surface area contributed by atoms with Crippen LogP contribution in [0, 0.1) is 5.92 Å². The van der Waals surface area contributed by atoms with Crippen molar-refractivity contribution in [3.63, 3.8) is 0 Å². The Kier molecular flexibility index (Phi) is 3.96. The van der Waals surface area contributed by atoms with Gasteiger partial charge in [-0.15, -0.1) is 11.6 Å². The van der Waals surface area contributed by atoms with Crippen LogP contribution >= 0.6 is 11.6 Å². The Balaban J connectivity index is 2.72. The monoisotopic (exact) mass is 212 g/mol. The first kappa shape index (κ1) is 11.1. The first-order valence-electron chi connectivity index (χ1n) is 4.50. The molecular formula is C11H13ClO2. The number of alkyl halides is 1. The smallest absolute Gasteiger partial charge is 0.313 e. The highest BCUT2D eigenvalue weighted by atomic mass is 35.5. The predicted octanol–water partition coefficient (Wildman–Crippen LogP) is 2.99. The van der Waals surface area contributed by atoms with E-state index in [1.165, 1.54) is 0 Å². The zero-order valence-electron chi connectivity index (χ0n) is 8.29. The number of halogens is 1. The maximum atomic E-state index is 11.3. The molecule has 0 radical (unpaired) electrons. The van der Waals surface area contributed by atoms with Gasteiger partial charge in [-0.2, -0.15) is 0 Å². The minimum absolute atomic E-state index is 0.116. The first-order chi connectivity index (χ1) is 6.63. The van der Waals surface area contributed by atoms with Gasteiger partial charge in [-0.1, -0.05) is 26.0 Å². The van der Waals surface area contributed by atoms with E-state index < -0.39 is 0 Å². The Bertz CT molecular complexity index is 321. The summed E-state index contributed by atoms with van der Waals surface area (Å²) in [6.45, 7) is 3.60. The van der Waals surface area contributed by atoms with Crippen LogP contribution in [0.5, 0.6) is 5.75 Å². The molecular weight excluding hydrogens is 200 g/mol. The third-order valence-electron chi connectivity index (χ3n) is 1.74. The Labute approximate surface area is 88.8 Å². The summed E-state index contributed by atoms with van der Waals surface area (Å²) in [5.41, 5.74) is 0.945. The number of ether oxygens (including phenoxy) is 1. The highest BCUT2D eigenvalue weighted by Gasteiger charge is 2.09. The molecule has 2 nitrogen and oxygen atoms in total. The molecule has 76 valence electrons. The van der Waals surface area contributed by atoms with E-state index in [0.717, 1.165) is 5.56 Å². The van der Waals surface area contributed by atoms with E-state index in [1.54, 1.807) is 26.0 Å². The minimum atomic E-state index is -0.225. The second-order valence-corrected chi connectivity index (χ2v) is 3.62. The van der Waals surface area contributed by atoms with Gasteiger partial charge in [0, 0.05) is 5.88 Å². The van der Waals surface area contributed by atoms with Crippen molar-refractivity contribution in [1.82, 2.24) is 0 Å². The molecule has 0 unspecified atom stereocenters. The van der Waals surface area contributed by atoms with Crippen molar-refractivity contribution >= 4 is 17.6 Å². The van der Waals surface area contributed by atoms with E-state index in [0.29, 0.717) is 11.6 Å². The third kappa shape index (κ3) is 3.04. The average Bonchev–Trinajstić information content (AvgIpc) is 2.18. The normalized spacial score (nSPS) is 10.3. The van der Waals surface area contributed by atoms with Gasteiger partial charge in [0.05, 0.1) is 5.92 Å². The molecule has 0 N–H and O–H groups in total. The Morgan fingerprint density at radius 1 is 1.50 bits per heavy atom. The Hall–Kier alpha value is -1.02. The zero-order chi connectivity index (χ0) is 10.6. The van der Waals surface area contributed by atoms with Gasteiger partial charge in [0.25, 0.3) is 0 Å². The van der Waals surface area contributed by atoms with Gasteiger partial charge in [0.15, 0.2) is 0 Å². The SMILES string of the molecule is CC(C)C(=O)Oc1cccc(CCl)c1. The summed E-state index contributed by atoms with van der Waals surface area (Å²) < 4.78 is 5.12. The number of hydrogen-bond donors (Lipinski definition) is 0. The van der Waals surface area contributed by atoms with Crippen molar-refractivity contribution in [2.24, 2.45) is 5.92 Å². The summed E-state index contributed by atoms with van der Waals surface area (Å²) in [5.74, 6) is 0.640. The average molecular weight is 213 g/mol. The van der Waals surface area contributed by atoms with Crippen LogP contribution in [-0.4, -0.2) is 5.97 Å². The molecule has 1 aromatic carbocycles. The number of carbonyl (C=O) groups excluding carboxylic acids is 1. The zero-order valence-corrected chi connectivity index (χ0v) is 9.04. The van der Waals surface area contributed by atoms with Gasteiger partial charge < -0.3 is 4.74 Å². The lowest BCUT2D eigenvalue weighted by atomic mass is 10.2. The van der Waals surface area contributed by atoms with Crippen LogP contribution in [0.25, 0.3) is 0 Å².